The van der Waals surface area contributed by atoms with Gasteiger partial charge in [0.15, 0.2) is 0 Å². The molecule has 1 aromatic carbocycles. The Morgan fingerprint density at radius 2 is 1.89 bits per heavy atom. The second kappa shape index (κ2) is 10.2. The number of aryl methyl sites for hydroxylation is 3. The van der Waals surface area contributed by atoms with Crippen molar-refractivity contribution in [1.29, 1.82) is 0 Å². The van der Waals surface area contributed by atoms with Crippen LogP contribution in [0.3, 0.4) is 0 Å². The molecule has 1 aromatic heterocycles. The molecule has 6 nitrogen and oxygen atoms in total. The summed E-state index contributed by atoms with van der Waals surface area (Å²) in [6.45, 7) is 1.59. The fourth-order valence-electron chi connectivity index (χ4n) is 3.29. The summed E-state index contributed by atoms with van der Waals surface area (Å²) in [7, 11) is 1.85. The number of ether oxygens (including phenoxy) is 1. The van der Waals surface area contributed by atoms with Gasteiger partial charge in [0.25, 0.3) is 0 Å². The van der Waals surface area contributed by atoms with Crippen LogP contribution in [0.25, 0.3) is 0 Å². The topological polar surface area (TPSA) is 68.5 Å². The van der Waals surface area contributed by atoms with Crippen molar-refractivity contribution >= 4 is 5.91 Å². The fourth-order valence-corrected chi connectivity index (χ4v) is 3.29. The van der Waals surface area contributed by atoms with Crippen molar-refractivity contribution in [3.63, 3.8) is 0 Å². The Morgan fingerprint density at radius 1 is 1.11 bits per heavy atom. The number of benzene rings is 1. The van der Waals surface area contributed by atoms with Gasteiger partial charge in [-0.15, -0.1) is 10.2 Å². The molecule has 1 fully saturated rings. The monoisotopic (exact) mass is 371 g/mol. The molecule has 0 spiro atoms. The van der Waals surface area contributed by atoms with E-state index in [1.54, 1.807) is 4.90 Å². The first-order valence-corrected chi connectivity index (χ1v) is 9.91. The summed E-state index contributed by atoms with van der Waals surface area (Å²) in [5, 5.41) is 8.17. The van der Waals surface area contributed by atoms with E-state index in [2.05, 4.69) is 22.3 Å². The Kier molecular flexibility index (Phi) is 7.39. The van der Waals surface area contributed by atoms with Gasteiger partial charge in [-0.3, -0.25) is 4.79 Å². The molecule has 2 aromatic rings. The molecule has 1 saturated heterocycles. The van der Waals surface area contributed by atoms with Crippen molar-refractivity contribution in [2.24, 2.45) is 0 Å². The third kappa shape index (κ3) is 6.47. The van der Waals surface area contributed by atoms with Crippen molar-refractivity contribution in [1.82, 2.24) is 15.1 Å². The molecular weight excluding hydrogens is 342 g/mol. The third-order valence-corrected chi connectivity index (χ3v) is 5.02. The number of hydrogen-bond donors (Lipinski definition) is 0. The fraction of sp³-hybridized carbons (Fsp3) is 0.571. The molecule has 146 valence electrons. The van der Waals surface area contributed by atoms with Gasteiger partial charge in [0.2, 0.25) is 17.7 Å². The molecule has 27 heavy (non-hydrogen) atoms. The quantitative estimate of drug-likeness (QED) is 0.677. The maximum atomic E-state index is 12.3. The lowest BCUT2D eigenvalue weighted by Crippen LogP contribution is -2.31. The van der Waals surface area contributed by atoms with E-state index >= 15 is 0 Å². The van der Waals surface area contributed by atoms with Gasteiger partial charge in [0.1, 0.15) is 0 Å². The SMILES string of the molecule is CN(CC[C@H]1CCCCO1)C(=O)CCc1nnc(CCc2ccccc2)o1. The highest BCUT2D eigenvalue weighted by Gasteiger charge is 2.17. The van der Waals surface area contributed by atoms with E-state index in [0.717, 1.165) is 38.8 Å². The molecule has 0 radical (unpaired) electrons. The van der Waals surface area contributed by atoms with E-state index in [4.69, 9.17) is 9.15 Å². The van der Waals surface area contributed by atoms with E-state index in [-0.39, 0.29) is 5.91 Å². The second-order valence-corrected chi connectivity index (χ2v) is 7.17. The Morgan fingerprint density at radius 3 is 2.63 bits per heavy atom. The molecule has 1 aliphatic rings. The Balaban J connectivity index is 1.36. The lowest BCUT2D eigenvalue weighted by atomic mass is 10.1. The molecule has 0 N–H and O–H groups in total. The highest BCUT2D eigenvalue weighted by atomic mass is 16.5. The van der Waals surface area contributed by atoms with Gasteiger partial charge < -0.3 is 14.1 Å². The Labute approximate surface area is 160 Å². The van der Waals surface area contributed by atoms with Crippen LogP contribution in [0.1, 0.15) is 49.4 Å². The minimum absolute atomic E-state index is 0.106. The number of rotatable bonds is 9. The summed E-state index contributed by atoms with van der Waals surface area (Å²) in [6.07, 6.45) is 7.16. The van der Waals surface area contributed by atoms with E-state index in [9.17, 15) is 4.79 Å². The van der Waals surface area contributed by atoms with Crippen LogP contribution >= 0.6 is 0 Å². The van der Waals surface area contributed by atoms with Crippen molar-refractivity contribution in [3.05, 3.63) is 47.7 Å². The molecule has 6 heteroatoms. The zero-order chi connectivity index (χ0) is 18.9. The second-order valence-electron chi connectivity index (χ2n) is 7.17. The molecule has 1 aliphatic heterocycles. The van der Waals surface area contributed by atoms with Crippen molar-refractivity contribution in [2.75, 3.05) is 20.2 Å². The molecule has 1 amide bonds. The van der Waals surface area contributed by atoms with Crippen LogP contribution in [-0.2, 0) is 28.8 Å². The predicted molar refractivity (Wildman–Crippen MR) is 102 cm³/mol. The largest absolute Gasteiger partial charge is 0.425 e. The van der Waals surface area contributed by atoms with Crippen LogP contribution in [0.4, 0.5) is 0 Å². The van der Waals surface area contributed by atoms with Gasteiger partial charge in [-0.1, -0.05) is 30.3 Å². The standard InChI is InChI=1S/C21H29N3O3/c1-24(15-14-18-9-5-6-16-26-18)21(25)13-12-20-23-22-19(27-20)11-10-17-7-3-2-4-8-17/h2-4,7-8,18H,5-6,9-16H2,1H3/t18-/m1/s1. The van der Waals surface area contributed by atoms with Gasteiger partial charge in [-0.2, -0.15) is 0 Å². The van der Waals surface area contributed by atoms with E-state index in [1.165, 1.54) is 12.0 Å². The number of hydrogen-bond acceptors (Lipinski definition) is 5. The van der Waals surface area contributed by atoms with Crippen LogP contribution in [0.5, 0.6) is 0 Å². The summed E-state index contributed by atoms with van der Waals surface area (Å²) in [5.41, 5.74) is 1.25. The van der Waals surface area contributed by atoms with Crippen molar-refractivity contribution in [3.8, 4) is 0 Å². The summed E-state index contributed by atoms with van der Waals surface area (Å²) in [5.74, 6) is 1.27. The zero-order valence-corrected chi connectivity index (χ0v) is 16.1. The van der Waals surface area contributed by atoms with E-state index in [0.29, 0.717) is 37.1 Å². The summed E-state index contributed by atoms with van der Waals surface area (Å²) < 4.78 is 11.4. The molecule has 1 atom stereocenters. The van der Waals surface area contributed by atoms with Crippen molar-refractivity contribution < 1.29 is 13.9 Å². The average Bonchev–Trinajstić information content (AvgIpc) is 3.18. The molecule has 2 heterocycles. The number of carbonyl (C=O) groups excluding carboxylic acids is 1. The summed E-state index contributed by atoms with van der Waals surface area (Å²) in [6, 6.07) is 10.2. The molecule has 0 bridgehead atoms. The normalized spacial score (nSPS) is 17.0. The molecule has 3 rings (SSSR count). The molecule has 0 aliphatic carbocycles. The first-order chi connectivity index (χ1) is 13.2. The van der Waals surface area contributed by atoms with Gasteiger partial charge in [-0.05, 0) is 37.7 Å². The summed E-state index contributed by atoms with van der Waals surface area (Å²) >= 11 is 0. The van der Waals surface area contributed by atoms with Crippen LogP contribution in [0, 0.1) is 0 Å². The lowest BCUT2D eigenvalue weighted by molar-refractivity contribution is -0.130. The number of carbonyl (C=O) groups is 1. The molecule has 0 saturated carbocycles. The zero-order valence-electron chi connectivity index (χ0n) is 16.1. The highest BCUT2D eigenvalue weighted by molar-refractivity contribution is 5.75. The number of amides is 1. The molecular formula is C21H29N3O3. The highest BCUT2D eigenvalue weighted by Crippen LogP contribution is 2.16. The number of aromatic nitrogens is 2. The number of nitrogens with zero attached hydrogens (tertiary/aromatic N) is 3. The van der Waals surface area contributed by atoms with Gasteiger partial charge >= 0.3 is 0 Å². The van der Waals surface area contributed by atoms with E-state index in [1.807, 2.05) is 25.2 Å². The van der Waals surface area contributed by atoms with E-state index < -0.39 is 0 Å². The van der Waals surface area contributed by atoms with Crippen LogP contribution in [0.15, 0.2) is 34.7 Å². The molecule has 0 unspecified atom stereocenters. The Bertz CT molecular complexity index is 696. The van der Waals surface area contributed by atoms with Gasteiger partial charge in [0.05, 0.1) is 6.10 Å². The van der Waals surface area contributed by atoms with Crippen LogP contribution < -0.4 is 0 Å². The van der Waals surface area contributed by atoms with Gasteiger partial charge in [0, 0.05) is 39.5 Å². The smallest absolute Gasteiger partial charge is 0.222 e. The van der Waals surface area contributed by atoms with Crippen LogP contribution in [0.2, 0.25) is 0 Å². The third-order valence-electron chi connectivity index (χ3n) is 5.02. The maximum absolute atomic E-state index is 12.3. The lowest BCUT2D eigenvalue weighted by Gasteiger charge is -2.25. The maximum Gasteiger partial charge on any atom is 0.222 e. The summed E-state index contributed by atoms with van der Waals surface area (Å²) in [4.78, 5) is 14.1. The van der Waals surface area contributed by atoms with Crippen molar-refractivity contribution in [2.45, 2.75) is 57.5 Å². The average molecular weight is 371 g/mol. The first kappa shape index (κ1) is 19.5. The Hall–Kier alpha value is -2.21. The minimum atomic E-state index is 0.106. The van der Waals surface area contributed by atoms with Crippen LogP contribution in [-0.4, -0.2) is 47.3 Å². The minimum Gasteiger partial charge on any atom is -0.425 e. The first-order valence-electron chi connectivity index (χ1n) is 9.91. The predicted octanol–water partition coefficient (Wildman–Crippen LogP) is 3.21. The van der Waals surface area contributed by atoms with Gasteiger partial charge in [-0.25, -0.2) is 0 Å².